The van der Waals surface area contributed by atoms with E-state index in [-0.39, 0.29) is 5.57 Å². The molecule has 0 atom stereocenters. The van der Waals surface area contributed by atoms with Gasteiger partial charge in [0.2, 0.25) is 0 Å². The normalized spacial score (nSPS) is 11.0. The Hall–Kier alpha value is -2.95. The van der Waals surface area contributed by atoms with Gasteiger partial charge in [0.15, 0.2) is 5.13 Å². The largest absolute Gasteiger partial charge is 0.378 e. The lowest BCUT2D eigenvalue weighted by molar-refractivity contribution is -0.112. The van der Waals surface area contributed by atoms with Crippen molar-refractivity contribution in [2.75, 3.05) is 24.3 Å². The van der Waals surface area contributed by atoms with Crippen molar-refractivity contribution in [3.8, 4) is 17.3 Å². The molecule has 1 heterocycles. The van der Waals surface area contributed by atoms with E-state index in [1.54, 1.807) is 6.08 Å². The Morgan fingerprint density at radius 1 is 1.18 bits per heavy atom. The van der Waals surface area contributed by atoms with Gasteiger partial charge in [0.25, 0.3) is 5.91 Å². The molecule has 1 amide bonds. The van der Waals surface area contributed by atoms with E-state index < -0.39 is 5.91 Å². The number of aromatic nitrogens is 1. The Balaban J connectivity index is 1.74. The Kier molecular flexibility index (Phi) is 6.24. The van der Waals surface area contributed by atoms with Crippen molar-refractivity contribution in [2.45, 2.75) is 0 Å². The topological polar surface area (TPSA) is 69.0 Å². The van der Waals surface area contributed by atoms with Crippen LogP contribution in [0.2, 0.25) is 0 Å². The number of nitriles is 1. The summed E-state index contributed by atoms with van der Waals surface area (Å²) >= 11 is 4.72. The maximum atomic E-state index is 12.5. The number of rotatable bonds is 5. The first-order valence-electron chi connectivity index (χ1n) is 8.38. The molecule has 0 saturated heterocycles. The number of carbonyl (C=O) groups excluding carboxylic acids is 1. The van der Waals surface area contributed by atoms with Crippen molar-refractivity contribution >= 4 is 50.1 Å². The van der Waals surface area contributed by atoms with Crippen LogP contribution in [-0.2, 0) is 4.79 Å². The summed E-state index contributed by atoms with van der Waals surface area (Å²) in [6.45, 7) is 0. The summed E-state index contributed by atoms with van der Waals surface area (Å²) < 4.78 is 0.988. The lowest BCUT2D eigenvalue weighted by Crippen LogP contribution is -2.13. The first kappa shape index (κ1) is 19.8. The zero-order valence-corrected chi connectivity index (χ0v) is 17.7. The predicted molar refractivity (Wildman–Crippen MR) is 118 cm³/mol. The minimum absolute atomic E-state index is 0.0259. The van der Waals surface area contributed by atoms with E-state index in [1.165, 1.54) is 11.3 Å². The number of hydrogen-bond acceptors (Lipinski definition) is 5. The van der Waals surface area contributed by atoms with Crippen molar-refractivity contribution in [2.24, 2.45) is 0 Å². The van der Waals surface area contributed by atoms with Crippen LogP contribution < -0.4 is 10.2 Å². The number of amides is 1. The quantitative estimate of drug-likeness (QED) is 0.427. The van der Waals surface area contributed by atoms with Crippen LogP contribution in [0.1, 0.15) is 5.56 Å². The Morgan fingerprint density at radius 3 is 2.46 bits per heavy atom. The molecule has 7 heteroatoms. The second kappa shape index (κ2) is 8.83. The van der Waals surface area contributed by atoms with Crippen LogP contribution in [0.25, 0.3) is 17.3 Å². The summed E-state index contributed by atoms with van der Waals surface area (Å²) in [4.78, 5) is 18.9. The number of anilines is 2. The highest BCUT2D eigenvalue weighted by Crippen LogP contribution is 2.26. The monoisotopic (exact) mass is 452 g/mol. The summed E-state index contributed by atoms with van der Waals surface area (Å²) in [6.07, 6.45) is 1.57. The fraction of sp³-hybridized carbons (Fsp3) is 0.0952. The first-order valence-corrected chi connectivity index (χ1v) is 10.1. The molecule has 0 spiro atoms. The van der Waals surface area contributed by atoms with Gasteiger partial charge >= 0.3 is 0 Å². The molecule has 3 aromatic rings. The van der Waals surface area contributed by atoms with Crippen molar-refractivity contribution in [3.63, 3.8) is 0 Å². The van der Waals surface area contributed by atoms with Crippen LogP contribution in [0.15, 0.2) is 64.0 Å². The van der Waals surface area contributed by atoms with Crippen molar-refractivity contribution < 1.29 is 4.79 Å². The molecular weight excluding hydrogens is 436 g/mol. The first-order chi connectivity index (χ1) is 13.5. The van der Waals surface area contributed by atoms with Gasteiger partial charge in [0.1, 0.15) is 11.6 Å². The van der Waals surface area contributed by atoms with Crippen LogP contribution in [0.4, 0.5) is 10.8 Å². The second-order valence-electron chi connectivity index (χ2n) is 6.15. The zero-order valence-electron chi connectivity index (χ0n) is 15.3. The molecule has 0 radical (unpaired) electrons. The highest BCUT2D eigenvalue weighted by Gasteiger charge is 2.12. The Bertz CT molecular complexity index is 1050. The van der Waals surface area contributed by atoms with Gasteiger partial charge in [0.05, 0.1) is 5.69 Å². The van der Waals surface area contributed by atoms with E-state index >= 15 is 0 Å². The van der Waals surface area contributed by atoms with Crippen LogP contribution in [-0.4, -0.2) is 25.0 Å². The SMILES string of the molecule is CN(C)c1ccc(C=C(C#N)C(=O)Nc2nc(-c3ccc(Br)cc3)cs2)cc1. The van der Waals surface area contributed by atoms with Crippen molar-refractivity contribution in [1.29, 1.82) is 5.26 Å². The number of benzene rings is 2. The second-order valence-corrected chi connectivity index (χ2v) is 7.93. The smallest absolute Gasteiger partial charge is 0.268 e. The number of carbonyl (C=O) groups is 1. The van der Waals surface area contributed by atoms with E-state index in [4.69, 9.17) is 0 Å². The van der Waals surface area contributed by atoms with Crippen LogP contribution in [0.3, 0.4) is 0 Å². The standard InChI is InChI=1S/C21H17BrN4OS/c1-26(2)18-9-3-14(4-10-18)11-16(12-23)20(27)25-21-24-19(13-28-21)15-5-7-17(22)8-6-15/h3-11,13H,1-2H3,(H,24,25,27). The molecule has 3 rings (SSSR count). The summed E-state index contributed by atoms with van der Waals surface area (Å²) in [5.41, 5.74) is 3.58. The summed E-state index contributed by atoms with van der Waals surface area (Å²) in [6, 6.07) is 17.3. The average Bonchev–Trinajstić information content (AvgIpc) is 3.15. The van der Waals surface area contributed by atoms with Crippen molar-refractivity contribution in [3.05, 3.63) is 69.5 Å². The molecule has 0 aliphatic rings. The van der Waals surface area contributed by atoms with Gasteiger partial charge in [-0.3, -0.25) is 10.1 Å². The van der Waals surface area contributed by atoms with Gasteiger partial charge in [-0.05, 0) is 35.9 Å². The van der Waals surface area contributed by atoms with Gasteiger partial charge in [-0.1, -0.05) is 40.2 Å². The highest BCUT2D eigenvalue weighted by atomic mass is 79.9. The summed E-state index contributed by atoms with van der Waals surface area (Å²) in [5.74, 6) is -0.476. The van der Waals surface area contributed by atoms with Gasteiger partial charge in [-0.15, -0.1) is 11.3 Å². The molecule has 0 saturated carbocycles. The van der Waals surface area contributed by atoms with E-state index in [0.717, 1.165) is 27.0 Å². The number of hydrogen-bond donors (Lipinski definition) is 1. The van der Waals surface area contributed by atoms with Crippen molar-refractivity contribution in [1.82, 2.24) is 4.98 Å². The highest BCUT2D eigenvalue weighted by molar-refractivity contribution is 9.10. The lowest BCUT2D eigenvalue weighted by atomic mass is 10.1. The van der Waals surface area contributed by atoms with Gasteiger partial charge < -0.3 is 4.90 Å². The van der Waals surface area contributed by atoms with Gasteiger partial charge in [0, 0.05) is 35.2 Å². The Labute approximate surface area is 176 Å². The molecule has 1 N–H and O–H groups in total. The number of halogens is 1. The van der Waals surface area contributed by atoms with E-state index in [0.29, 0.717) is 5.13 Å². The van der Waals surface area contributed by atoms with Crippen LogP contribution in [0, 0.1) is 11.3 Å². The van der Waals surface area contributed by atoms with E-state index in [1.807, 2.05) is 79.0 Å². The molecule has 0 unspecified atom stereocenters. The predicted octanol–water partition coefficient (Wildman–Crippen LogP) is 5.18. The average molecular weight is 453 g/mol. The molecule has 1 aromatic heterocycles. The van der Waals surface area contributed by atoms with E-state index in [2.05, 4.69) is 26.2 Å². The third kappa shape index (κ3) is 4.85. The zero-order chi connectivity index (χ0) is 20.1. The van der Waals surface area contributed by atoms with Crippen LogP contribution >= 0.6 is 27.3 Å². The number of thiazole rings is 1. The van der Waals surface area contributed by atoms with Gasteiger partial charge in [-0.25, -0.2) is 4.98 Å². The Morgan fingerprint density at radius 2 is 1.86 bits per heavy atom. The fourth-order valence-corrected chi connectivity index (χ4v) is 3.41. The maximum Gasteiger partial charge on any atom is 0.268 e. The van der Waals surface area contributed by atoms with E-state index in [9.17, 15) is 10.1 Å². The minimum atomic E-state index is -0.476. The minimum Gasteiger partial charge on any atom is -0.378 e. The molecule has 140 valence electrons. The number of nitrogens with zero attached hydrogens (tertiary/aromatic N) is 3. The molecule has 2 aromatic carbocycles. The molecule has 0 aliphatic carbocycles. The molecule has 28 heavy (non-hydrogen) atoms. The molecule has 0 fully saturated rings. The third-order valence-electron chi connectivity index (χ3n) is 3.95. The molecular formula is C21H17BrN4OS. The van der Waals surface area contributed by atoms with Gasteiger partial charge in [-0.2, -0.15) is 5.26 Å². The maximum absolute atomic E-state index is 12.5. The lowest BCUT2D eigenvalue weighted by Gasteiger charge is -2.11. The third-order valence-corrected chi connectivity index (χ3v) is 5.24. The molecule has 0 bridgehead atoms. The number of nitrogens with one attached hydrogen (secondary N) is 1. The fourth-order valence-electron chi connectivity index (χ4n) is 2.43. The summed E-state index contributed by atoms with van der Waals surface area (Å²) in [7, 11) is 3.91. The molecule has 5 nitrogen and oxygen atoms in total. The van der Waals surface area contributed by atoms with Crippen LogP contribution in [0.5, 0.6) is 0 Å². The molecule has 0 aliphatic heterocycles. The summed E-state index contributed by atoms with van der Waals surface area (Å²) in [5, 5.41) is 14.4.